The van der Waals surface area contributed by atoms with Crippen LogP contribution < -0.4 is 11.5 Å². The van der Waals surface area contributed by atoms with Gasteiger partial charge in [-0.3, -0.25) is 15.7 Å². The summed E-state index contributed by atoms with van der Waals surface area (Å²) < 4.78 is 0. The number of nitrogens with zero attached hydrogens (tertiary/aromatic N) is 3. The maximum Gasteiger partial charge on any atom is 0.178 e. The zero-order chi connectivity index (χ0) is 23.8. The highest BCUT2D eigenvalue weighted by molar-refractivity contribution is 8.26. The Kier molecular flexibility index (Phi) is 8.99. The molecule has 0 saturated carbocycles. The number of rotatable bonds is 7. The third-order valence-corrected chi connectivity index (χ3v) is 6.29. The van der Waals surface area contributed by atoms with Crippen molar-refractivity contribution in [3.8, 4) is 0 Å². The zero-order valence-corrected chi connectivity index (χ0v) is 20.2. The fourth-order valence-electron chi connectivity index (χ4n) is 3.95. The molecule has 2 heterocycles. The number of hydrogen-bond donors (Lipinski definition) is 5. The van der Waals surface area contributed by atoms with Crippen molar-refractivity contribution in [3.05, 3.63) is 52.8 Å². The van der Waals surface area contributed by atoms with Gasteiger partial charge >= 0.3 is 0 Å². The highest BCUT2D eigenvalue weighted by Gasteiger charge is 2.19. The molecular weight excluding hydrogens is 432 g/mol. The van der Waals surface area contributed by atoms with E-state index in [-0.39, 0.29) is 0 Å². The van der Waals surface area contributed by atoms with Gasteiger partial charge in [-0.05, 0) is 74.7 Å². The number of aromatic amines is 1. The smallest absolute Gasteiger partial charge is 0.178 e. The number of hydrogen-bond acceptors (Lipinski definition) is 6. The van der Waals surface area contributed by atoms with Crippen molar-refractivity contribution in [2.45, 2.75) is 52.1 Å². The first-order valence-electron chi connectivity index (χ1n) is 11.3. The lowest BCUT2D eigenvalue weighted by atomic mass is 10.1. The molecule has 9 heteroatoms. The van der Waals surface area contributed by atoms with Crippen LogP contribution in [-0.4, -0.2) is 51.3 Å². The van der Waals surface area contributed by atoms with Crippen LogP contribution in [0.1, 0.15) is 55.5 Å². The highest BCUT2D eigenvalue weighted by atomic mass is 32.2. The van der Waals surface area contributed by atoms with Gasteiger partial charge in [-0.15, -0.1) is 0 Å². The number of benzene rings is 1. The highest BCUT2D eigenvalue weighted by Crippen LogP contribution is 2.25. The summed E-state index contributed by atoms with van der Waals surface area (Å²) in [5.41, 5.74) is 16.3. The number of H-pyrrole nitrogens is 1. The summed E-state index contributed by atoms with van der Waals surface area (Å²) in [4.78, 5) is 14.9. The van der Waals surface area contributed by atoms with Crippen molar-refractivity contribution >= 4 is 39.7 Å². The van der Waals surface area contributed by atoms with E-state index < -0.39 is 0 Å². The van der Waals surface area contributed by atoms with Crippen LogP contribution in [-0.2, 0) is 13.0 Å². The lowest BCUT2D eigenvalue weighted by Gasteiger charge is -2.30. The summed E-state index contributed by atoms with van der Waals surface area (Å²) in [6.45, 7) is 6.57. The lowest BCUT2D eigenvalue weighted by Crippen LogP contribution is -2.39. The van der Waals surface area contributed by atoms with Crippen molar-refractivity contribution in [3.63, 3.8) is 0 Å². The Labute approximate surface area is 200 Å². The molecule has 0 radical (unpaired) electrons. The van der Waals surface area contributed by atoms with Crippen molar-refractivity contribution in [1.29, 1.82) is 10.8 Å². The van der Waals surface area contributed by atoms with E-state index >= 15 is 0 Å². The Morgan fingerprint density at radius 2 is 2.03 bits per heavy atom. The summed E-state index contributed by atoms with van der Waals surface area (Å²) >= 11 is 1.14. The van der Waals surface area contributed by atoms with Gasteiger partial charge in [-0.1, -0.05) is 25.1 Å². The second-order valence-corrected chi connectivity index (χ2v) is 9.56. The Hall–Kier alpha value is -2.75. The van der Waals surface area contributed by atoms with Crippen LogP contribution >= 0.6 is 11.8 Å². The van der Waals surface area contributed by atoms with Gasteiger partial charge in [0.15, 0.2) is 5.84 Å². The van der Waals surface area contributed by atoms with Crippen LogP contribution in [0.15, 0.2) is 40.4 Å². The quantitative estimate of drug-likeness (QED) is 0.310. The average molecular weight is 467 g/mol. The molecule has 2 aromatic rings. The number of aliphatic imine (C=N–C) groups is 2. The van der Waals surface area contributed by atoms with Crippen molar-refractivity contribution in [2.24, 2.45) is 21.5 Å². The number of likely N-dealkylation sites (tertiary alicyclic amines) is 1. The number of thioether (sulfide) groups is 1. The molecule has 1 fully saturated rings. The van der Waals surface area contributed by atoms with E-state index in [1.54, 1.807) is 6.92 Å². The van der Waals surface area contributed by atoms with Crippen LogP contribution in [0, 0.1) is 10.8 Å². The van der Waals surface area contributed by atoms with Gasteiger partial charge < -0.3 is 16.5 Å². The van der Waals surface area contributed by atoms with Crippen LogP contribution in [0.5, 0.6) is 0 Å². The first-order valence-corrected chi connectivity index (χ1v) is 12.1. The summed E-state index contributed by atoms with van der Waals surface area (Å²) in [7, 11) is 0. The molecule has 33 heavy (non-hydrogen) atoms. The van der Waals surface area contributed by atoms with Crippen molar-refractivity contribution < 1.29 is 0 Å². The molecule has 1 aromatic heterocycles. The molecule has 0 aliphatic carbocycles. The van der Waals surface area contributed by atoms with Gasteiger partial charge in [0, 0.05) is 24.3 Å². The van der Waals surface area contributed by atoms with Gasteiger partial charge in [-0.25, -0.2) is 9.98 Å². The van der Waals surface area contributed by atoms with E-state index in [2.05, 4.69) is 27.9 Å². The number of nitrogens with one attached hydrogen (secondary N) is 3. The van der Waals surface area contributed by atoms with Crippen molar-refractivity contribution in [2.75, 3.05) is 13.1 Å². The monoisotopic (exact) mass is 466 g/mol. The summed E-state index contributed by atoms with van der Waals surface area (Å²) in [5, 5.41) is 16.8. The molecule has 8 nitrogen and oxygen atoms in total. The van der Waals surface area contributed by atoms with E-state index in [1.165, 1.54) is 6.34 Å². The van der Waals surface area contributed by atoms with E-state index in [9.17, 15) is 0 Å². The van der Waals surface area contributed by atoms with E-state index in [0.717, 1.165) is 79.5 Å². The minimum absolute atomic E-state index is 0.295. The predicted molar refractivity (Wildman–Crippen MR) is 140 cm³/mol. The SMILES string of the molecule is CCCc1cc(N=C(N=CN)c2[nH]ccc2CN2CCC(N)CC2)cc(C(=N)SC(C)=N)c1. The van der Waals surface area contributed by atoms with Crippen LogP contribution in [0.3, 0.4) is 0 Å². The molecule has 1 saturated heterocycles. The molecule has 7 N–H and O–H groups in total. The minimum atomic E-state index is 0.295. The fraction of sp³-hybridized carbons (Fsp3) is 0.417. The fourth-order valence-corrected chi connectivity index (χ4v) is 4.49. The maximum absolute atomic E-state index is 8.38. The molecule has 1 aromatic carbocycles. The second-order valence-electron chi connectivity index (χ2n) is 8.33. The number of aromatic nitrogens is 1. The largest absolute Gasteiger partial charge is 0.390 e. The average Bonchev–Trinajstić information content (AvgIpc) is 3.23. The molecule has 0 atom stereocenters. The molecular formula is C24H34N8S. The van der Waals surface area contributed by atoms with Gasteiger partial charge in [0.25, 0.3) is 0 Å². The predicted octanol–water partition coefficient (Wildman–Crippen LogP) is 4.01. The Morgan fingerprint density at radius 1 is 1.27 bits per heavy atom. The number of amidine groups is 1. The Bertz CT molecular complexity index is 1030. The number of aryl methyl sites for hydroxylation is 1. The Morgan fingerprint density at radius 3 is 2.70 bits per heavy atom. The minimum Gasteiger partial charge on any atom is -0.390 e. The summed E-state index contributed by atoms with van der Waals surface area (Å²) in [6, 6.07) is 8.27. The lowest BCUT2D eigenvalue weighted by molar-refractivity contribution is 0.205. The molecule has 3 rings (SSSR count). The van der Waals surface area contributed by atoms with Crippen LogP contribution in [0.4, 0.5) is 5.69 Å². The van der Waals surface area contributed by atoms with Crippen LogP contribution in [0.2, 0.25) is 0 Å². The topological polar surface area (TPSA) is 143 Å². The Balaban J connectivity index is 1.94. The molecule has 1 aliphatic heterocycles. The van der Waals surface area contributed by atoms with E-state index in [0.29, 0.717) is 27.7 Å². The summed E-state index contributed by atoms with van der Waals surface area (Å²) in [5.74, 6) is 0.508. The molecule has 0 bridgehead atoms. The standard InChI is InChI=1S/C24H34N8S/c1-3-4-17-11-19(23(28)33-16(2)26)13-21(12-17)31-24(30-15-25)22-18(5-8-29-22)14-32-9-6-20(27)7-10-32/h5,8,11-13,15,20,26,28-29H,3-4,6-7,9-10,14,27H2,1-2H3,(H2,25,30,31). The molecule has 1 aliphatic rings. The van der Waals surface area contributed by atoms with E-state index in [4.69, 9.17) is 27.3 Å². The van der Waals surface area contributed by atoms with Gasteiger partial charge in [0.2, 0.25) is 0 Å². The molecule has 176 valence electrons. The zero-order valence-electron chi connectivity index (χ0n) is 19.4. The number of nitrogens with two attached hydrogens (primary N) is 2. The summed E-state index contributed by atoms with van der Waals surface area (Å²) in [6.07, 6.45) is 7.06. The van der Waals surface area contributed by atoms with Crippen LogP contribution in [0.25, 0.3) is 0 Å². The van der Waals surface area contributed by atoms with Gasteiger partial charge in [0.1, 0.15) is 5.04 Å². The molecule has 0 amide bonds. The molecule has 0 spiro atoms. The van der Waals surface area contributed by atoms with Gasteiger partial charge in [-0.2, -0.15) is 0 Å². The van der Waals surface area contributed by atoms with E-state index in [1.807, 2.05) is 24.4 Å². The molecule has 0 unspecified atom stereocenters. The first kappa shape index (κ1) is 24.9. The number of piperidine rings is 1. The van der Waals surface area contributed by atoms with Crippen molar-refractivity contribution in [1.82, 2.24) is 9.88 Å². The second kappa shape index (κ2) is 11.9. The normalized spacial score (nSPS) is 15.9. The third-order valence-electron chi connectivity index (χ3n) is 5.55. The third kappa shape index (κ3) is 7.12. The maximum atomic E-state index is 8.38. The first-order chi connectivity index (χ1) is 15.9. The van der Waals surface area contributed by atoms with Gasteiger partial charge in [0.05, 0.1) is 22.8 Å².